The molecular formula is C8H16IN5. The van der Waals surface area contributed by atoms with Gasteiger partial charge in [-0.05, 0) is 11.1 Å². The van der Waals surface area contributed by atoms with Gasteiger partial charge in [-0.15, -0.1) is 10.2 Å². The molecule has 1 rings (SSSR count). The predicted octanol–water partition coefficient (Wildman–Crippen LogP) is 0.759. The number of tetrazole rings is 1. The van der Waals surface area contributed by atoms with E-state index in [9.17, 15) is 0 Å². The fraction of sp³-hybridized carbons (Fsp3) is 0.875. The first-order chi connectivity index (χ1) is 6.63. The van der Waals surface area contributed by atoms with E-state index >= 15 is 0 Å². The Morgan fingerprint density at radius 3 is 2.64 bits per heavy atom. The van der Waals surface area contributed by atoms with Crippen LogP contribution >= 0.6 is 22.6 Å². The lowest BCUT2D eigenvalue weighted by Crippen LogP contribution is -2.35. The Labute approximate surface area is 97.8 Å². The van der Waals surface area contributed by atoms with Crippen LogP contribution in [-0.2, 0) is 13.6 Å². The minimum absolute atomic E-state index is 0.513. The zero-order valence-electron chi connectivity index (χ0n) is 8.74. The van der Waals surface area contributed by atoms with Crippen molar-refractivity contribution in [2.45, 2.75) is 26.4 Å². The third-order valence-electron chi connectivity index (χ3n) is 2.04. The van der Waals surface area contributed by atoms with Gasteiger partial charge in [0.15, 0.2) is 5.82 Å². The third-order valence-corrected chi connectivity index (χ3v) is 2.99. The van der Waals surface area contributed by atoms with Crippen LogP contribution in [0.1, 0.15) is 19.7 Å². The van der Waals surface area contributed by atoms with E-state index in [1.165, 1.54) is 4.80 Å². The minimum Gasteiger partial charge on any atom is -0.306 e. The molecule has 1 atom stereocenters. The molecule has 0 aromatic carbocycles. The van der Waals surface area contributed by atoms with E-state index in [-0.39, 0.29) is 0 Å². The molecule has 0 spiro atoms. The molecule has 5 nitrogen and oxygen atoms in total. The highest BCUT2D eigenvalue weighted by Crippen LogP contribution is 2.05. The van der Waals surface area contributed by atoms with Gasteiger partial charge >= 0.3 is 0 Å². The number of nitrogens with zero attached hydrogens (tertiary/aromatic N) is 4. The maximum Gasteiger partial charge on any atom is 0.188 e. The Balaban J connectivity index is 2.39. The quantitative estimate of drug-likeness (QED) is 0.644. The number of aryl methyl sites for hydroxylation is 1. The number of alkyl halides is 1. The molecule has 1 aromatic heterocycles. The van der Waals surface area contributed by atoms with Crippen LogP contribution in [0, 0.1) is 5.92 Å². The number of rotatable bonds is 5. The van der Waals surface area contributed by atoms with Gasteiger partial charge in [0.25, 0.3) is 0 Å². The van der Waals surface area contributed by atoms with Crippen molar-refractivity contribution in [3.8, 4) is 0 Å². The molecule has 0 fully saturated rings. The molecule has 80 valence electrons. The first kappa shape index (κ1) is 11.8. The maximum atomic E-state index is 4.11. The summed E-state index contributed by atoms with van der Waals surface area (Å²) in [6.45, 7) is 5.11. The lowest BCUT2D eigenvalue weighted by Gasteiger charge is -2.18. The zero-order valence-corrected chi connectivity index (χ0v) is 10.9. The summed E-state index contributed by atoms with van der Waals surface area (Å²) in [6, 6.07) is 0.513. The molecule has 0 amide bonds. The first-order valence-electron chi connectivity index (χ1n) is 4.65. The van der Waals surface area contributed by atoms with Crippen molar-refractivity contribution in [2.24, 2.45) is 13.0 Å². The second kappa shape index (κ2) is 5.59. The molecule has 1 heterocycles. The minimum atomic E-state index is 0.513. The van der Waals surface area contributed by atoms with E-state index < -0.39 is 0 Å². The summed E-state index contributed by atoms with van der Waals surface area (Å²) in [5, 5.41) is 15.2. The van der Waals surface area contributed by atoms with Crippen LogP contribution in [0.5, 0.6) is 0 Å². The van der Waals surface area contributed by atoms with E-state index in [1.807, 2.05) is 0 Å². The molecule has 0 bridgehead atoms. The smallest absolute Gasteiger partial charge is 0.188 e. The highest BCUT2D eigenvalue weighted by molar-refractivity contribution is 14.1. The van der Waals surface area contributed by atoms with E-state index in [0.717, 1.165) is 10.3 Å². The SMILES string of the molecule is CC(C)C(CI)NCc1nnn(C)n1. The molecule has 14 heavy (non-hydrogen) atoms. The van der Waals surface area contributed by atoms with Gasteiger partial charge in [-0.2, -0.15) is 4.80 Å². The van der Waals surface area contributed by atoms with Crippen molar-refractivity contribution < 1.29 is 0 Å². The Bertz CT molecular complexity index is 272. The molecule has 1 N–H and O–H groups in total. The maximum absolute atomic E-state index is 4.11. The average molecular weight is 309 g/mol. The van der Waals surface area contributed by atoms with Crippen molar-refractivity contribution in [3.05, 3.63) is 5.82 Å². The lowest BCUT2D eigenvalue weighted by atomic mass is 10.1. The summed E-state index contributed by atoms with van der Waals surface area (Å²) in [6.07, 6.45) is 0. The van der Waals surface area contributed by atoms with Gasteiger partial charge in [0, 0.05) is 10.5 Å². The summed E-state index contributed by atoms with van der Waals surface area (Å²) < 4.78 is 1.09. The topological polar surface area (TPSA) is 55.6 Å². The number of aromatic nitrogens is 4. The molecule has 1 unspecified atom stereocenters. The third kappa shape index (κ3) is 3.49. The number of halogens is 1. The number of hydrogen-bond donors (Lipinski definition) is 1. The van der Waals surface area contributed by atoms with Gasteiger partial charge in [-0.3, -0.25) is 0 Å². The summed E-state index contributed by atoms with van der Waals surface area (Å²) in [7, 11) is 1.77. The molecule has 0 aliphatic rings. The predicted molar refractivity (Wildman–Crippen MR) is 63.2 cm³/mol. The summed E-state index contributed by atoms with van der Waals surface area (Å²) in [5.74, 6) is 1.38. The summed E-state index contributed by atoms with van der Waals surface area (Å²) in [5.41, 5.74) is 0. The van der Waals surface area contributed by atoms with Gasteiger partial charge in [0.1, 0.15) is 0 Å². The second-order valence-corrected chi connectivity index (χ2v) is 4.46. The van der Waals surface area contributed by atoms with Crippen LogP contribution in [-0.4, -0.2) is 30.7 Å². The largest absolute Gasteiger partial charge is 0.306 e. The van der Waals surface area contributed by atoms with Gasteiger partial charge < -0.3 is 5.32 Å². The van der Waals surface area contributed by atoms with Gasteiger partial charge in [-0.1, -0.05) is 36.4 Å². The molecule has 0 radical (unpaired) electrons. The Hall–Kier alpha value is -0.240. The molecule has 0 aliphatic carbocycles. The van der Waals surface area contributed by atoms with Gasteiger partial charge in [-0.25, -0.2) is 0 Å². The van der Waals surface area contributed by atoms with Gasteiger partial charge in [0.2, 0.25) is 0 Å². The Kier molecular flexibility index (Phi) is 4.73. The lowest BCUT2D eigenvalue weighted by molar-refractivity contribution is 0.430. The van der Waals surface area contributed by atoms with Crippen LogP contribution in [0.4, 0.5) is 0 Å². The number of hydrogen-bond acceptors (Lipinski definition) is 4. The van der Waals surface area contributed by atoms with Crippen LogP contribution < -0.4 is 5.32 Å². The van der Waals surface area contributed by atoms with E-state index in [1.54, 1.807) is 7.05 Å². The van der Waals surface area contributed by atoms with Crippen molar-refractivity contribution in [3.63, 3.8) is 0 Å². The summed E-state index contributed by atoms with van der Waals surface area (Å²) in [4.78, 5) is 1.48. The van der Waals surface area contributed by atoms with E-state index in [0.29, 0.717) is 18.5 Å². The van der Waals surface area contributed by atoms with Crippen LogP contribution in [0.3, 0.4) is 0 Å². The fourth-order valence-electron chi connectivity index (χ4n) is 1.08. The normalized spacial score (nSPS) is 13.5. The Morgan fingerprint density at radius 2 is 2.21 bits per heavy atom. The fourth-order valence-corrected chi connectivity index (χ4v) is 2.41. The first-order valence-corrected chi connectivity index (χ1v) is 6.18. The van der Waals surface area contributed by atoms with Crippen LogP contribution in [0.25, 0.3) is 0 Å². The molecule has 1 aromatic rings. The standard InChI is InChI=1S/C8H16IN5/c1-6(2)7(4-9)10-5-8-11-13-14(3)12-8/h6-7,10H,4-5H2,1-3H3. The Morgan fingerprint density at radius 1 is 1.50 bits per heavy atom. The molecule has 6 heteroatoms. The zero-order chi connectivity index (χ0) is 10.6. The molecular weight excluding hydrogens is 293 g/mol. The monoisotopic (exact) mass is 309 g/mol. The number of nitrogens with one attached hydrogen (secondary N) is 1. The highest BCUT2D eigenvalue weighted by Gasteiger charge is 2.11. The highest BCUT2D eigenvalue weighted by atomic mass is 127. The second-order valence-electron chi connectivity index (χ2n) is 3.58. The van der Waals surface area contributed by atoms with Crippen molar-refractivity contribution in [1.29, 1.82) is 0 Å². The van der Waals surface area contributed by atoms with E-state index in [2.05, 4.69) is 57.2 Å². The van der Waals surface area contributed by atoms with Crippen molar-refractivity contribution in [2.75, 3.05) is 4.43 Å². The molecule has 0 saturated heterocycles. The van der Waals surface area contributed by atoms with Crippen LogP contribution in [0.15, 0.2) is 0 Å². The average Bonchev–Trinajstić information content (AvgIpc) is 2.52. The molecule has 0 aliphatic heterocycles. The van der Waals surface area contributed by atoms with Crippen molar-refractivity contribution in [1.82, 2.24) is 25.5 Å². The molecule has 0 saturated carbocycles. The summed E-state index contributed by atoms with van der Waals surface area (Å²) >= 11 is 2.39. The van der Waals surface area contributed by atoms with Crippen molar-refractivity contribution >= 4 is 22.6 Å². The van der Waals surface area contributed by atoms with Crippen LogP contribution in [0.2, 0.25) is 0 Å². The van der Waals surface area contributed by atoms with Gasteiger partial charge in [0.05, 0.1) is 13.6 Å². The van der Waals surface area contributed by atoms with E-state index in [4.69, 9.17) is 0 Å².